The van der Waals surface area contributed by atoms with E-state index in [4.69, 9.17) is 23.7 Å². The van der Waals surface area contributed by atoms with Crippen LogP contribution in [0.25, 0.3) is 0 Å². The van der Waals surface area contributed by atoms with E-state index in [1.54, 1.807) is 36.4 Å². The molecule has 0 spiro atoms. The van der Waals surface area contributed by atoms with Crippen LogP contribution in [0.4, 0.5) is 0 Å². The fourth-order valence-corrected chi connectivity index (χ4v) is 2.68. The molecule has 142 valence electrons. The molecule has 7 nitrogen and oxygen atoms in total. The maximum atomic E-state index is 12.4. The Balaban J connectivity index is 1.69. The van der Waals surface area contributed by atoms with Crippen LogP contribution in [-0.2, 0) is 4.74 Å². The summed E-state index contributed by atoms with van der Waals surface area (Å²) in [5.41, 5.74) is 0.563. The Kier molecular flexibility index (Phi) is 5.80. The third-order valence-electron chi connectivity index (χ3n) is 4.03. The molecule has 0 atom stereocenters. The van der Waals surface area contributed by atoms with E-state index in [1.807, 2.05) is 0 Å². The minimum absolute atomic E-state index is 0.184. The number of esters is 1. The average molecular weight is 372 g/mol. The zero-order valence-corrected chi connectivity index (χ0v) is 15.2. The Hall–Kier alpha value is -3.22. The fraction of sp³-hybridized carbons (Fsp3) is 0.300. The van der Waals surface area contributed by atoms with Crippen LogP contribution in [0, 0.1) is 0 Å². The minimum Gasteiger partial charge on any atom is -0.493 e. The monoisotopic (exact) mass is 372 g/mol. The van der Waals surface area contributed by atoms with Gasteiger partial charge in [-0.2, -0.15) is 0 Å². The van der Waals surface area contributed by atoms with E-state index >= 15 is 0 Å². The SMILES string of the molecule is COc1cccc(C(=O)OCC(=O)c2ccc3c(c2)OCCCO3)c1OC. The molecule has 0 N–H and O–H groups in total. The lowest BCUT2D eigenvalue weighted by Crippen LogP contribution is -2.15. The summed E-state index contributed by atoms with van der Waals surface area (Å²) in [4.78, 5) is 24.8. The lowest BCUT2D eigenvalue weighted by molar-refractivity contribution is 0.0471. The molecule has 3 rings (SSSR count). The molecular weight excluding hydrogens is 352 g/mol. The maximum Gasteiger partial charge on any atom is 0.342 e. The van der Waals surface area contributed by atoms with Crippen molar-refractivity contribution in [1.29, 1.82) is 0 Å². The van der Waals surface area contributed by atoms with Crippen molar-refractivity contribution in [1.82, 2.24) is 0 Å². The summed E-state index contributed by atoms with van der Waals surface area (Å²) < 4.78 is 26.6. The van der Waals surface area contributed by atoms with Crippen LogP contribution in [0.1, 0.15) is 27.1 Å². The summed E-state index contributed by atoms with van der Waals surface area (Å²) in [5, 5.41) is 0. The minimum atomic E-state index is -0.673. The highest BCUT2D eigenvalue weighted by Crippen LogP contribution is 2.32. The van der Waals surface area contributed by atoms with Gasteiger partial charge in [-0.1, -0.05) is 6.07 Å². The molecule has 2 aromatic rings. The number of hydrogen-bond acceptors (Lipinski definition) is 7. The molecule has 0 radical (unpaired) electrons. The van der Waals surface area contributed by atoms with E-state index in [2.05, 4.69) is 0 Å². The molecule has 1 aliphatic heterocycles. The fourth-order valence-electron chi connectivity index (χ4n) is 2.68. The maximum absolute atomic E-state index is 12.4. The summed E-state index contributed by atoms with van der Waals surface area (Å²) in [6, 6.07) is 9.75. The average Bonchev–Trinajstić information content (AvgIpc) is 2.95. The van der Waals surface area contributed by atoms with Crippen molar-refractivity contribution >= 4 is 11.8 Å². The Morgan fingerprint density at radius 1 is 1.00 bits per heavy atom. The van der Waals surface area contributed by atoms with Crippen LogP contribution in [0.2, 0.25) is 0 Å². The number of fused-ring (bicyclic) bond motifs is 1. The van der Waals surface area contributed by atoms with Gasteiger partial charge in [0.15, 0.2) is 35.4 Å². The van der Waals surface area contributed by atoms with E-state index in [9.17, 15) is 9.59 Å². The molecule has 0 amide bonds. The van der Waals surface area contributed by atoms with Gasteiger partial charge in [-0.3, -0.25) is 4.79 Å². The predicted molar refractivity (Wildman–Crippen MR) is 96.2 cm³/mol. The standard InChI is InChI=1S/C20H20O7/c1-23-17-6-3-5-14(19(17)24-2)20(22)27-12-15(21)13-7-8-16-18(11-13)26-10-4-9-25-16/h3,5-8,11H,4,9-10,12H2,1-2H3. The van der Waals surface area contributed by atoms with Crippen LogP contribution in [0.3, 0.4) is 0 Å². The highest BCUT2D eigenvalue weighted by Gasteiger charge is 2.20. The number of ketones is 1. The van der Waals surface area contributed by atoms with E-state index in [-0.39, 0.29) is 17.1 Å². The number of carbonyl (C=O) groups excluding carboxylic acids is 2. The molecule has 7 heteroatoms. The van der Waals surface area contributed by atoms with Gasteiger partial charge in [0, 0.05) is 12.0 Å². The number of hydrogen-bond donors (Lipinski definition) is 0. The first-order valence-electron chi connectivity index (χ1n) is 8.45. The molecule has 0 saturated carbocycles. The Morgan fingerprint density at radius 2 is 1.78 bits per heavy atom. The first-order valence-corrected chi connectivity index (χ1v) is 8.45. The third kappa shape index (κ3) is 4.13. The summed E-state index contributed by atoms with van der Waals surface area (Å²) in [6.45, 7) is 0.689. The largest absolute Gasteiger partial charge is 0.493 e. The zero-order chi connectivity index (χ0) is 19.2. The third-order valence-corrected chi connectivity index (χ3v) is 4.03. The van der Waals surface area contributed by atoms with Crippen LogP contribution < -0.4 is 18.9 Å². The van der Waals surface area contributed by atoms with Gasteiger partial charge >= 0.3 is 5.97 Å². The van der Waals surface area contributed by atoms with Crippen LogP contribution in [0.15, 0.2) is 36.4 Å². The molecule has 0 saturated heterocycles. The quantitative estimate of drug-likeness (QED) is 0.570. The van der Waals surface area contributed by atoms with E-state index in [0.29, 0.717) is 36.0 Å². The van der Waals surface area contributed by atoms with Crippen LogP contribution >= 0.6 is 0 Å². The van der Waals surface area contributed by atoms with E-state index in [0.717, 1.165) is 6.42 Å². The molecule has 27 heavy (non-hydrogen) atoms. The molecule has 0 fully saturated rings. The number of methoxy groups -OCH3 is 2. The molecule has 2 aromatic carbocycles. The van der Waals surface area contributed by atoms with Crippen molar-refractivity contribution in [3.05, 3.63) is 47.5 Å². The molecule has 0 bridgehead atoms. The number of Topliss-reactive ketones (excluding diaryl/α,β-unsaturated/α-hetero) is 1. The first-order chi connectivity index (χ1) is 13.1. The summed E-state index contributed by atoms with van der Waals surface area (Å²) in [6.07, 6.45) is 0.776. The molecular formula is C20H20O7. The van der Waals surface area contributed by atoms with Gasteiger partial charge in [-0.15, -0.1) is 0 Å². The van der Waals surface area contributed by atoms with Crippen molar-refractivity contribution in [3.8, 4) is 23.0 Å². The van der Waals surface area contributed by atoms with Crippen LogP contribution in [-0.4, -0.2) is 45.8 Å². The summed E-state index contributed by atoms with van der Waals surface area (Å²) in [5.74, 6) is 0.754. The van der Waals surface area contributed by atoms with Crippen molar-refractivity contribution in [2.45, 2.75) is 6.42 Å². The number of carbonyl (C=O) groups is 2. The van der Waals surface area contributed by atoms with Gasteiger partial charge in [0.05, 0.1) is 27.4 Å². The van der Waals surface area contributed by atoms with Crippen molar-refractivity contribution in [2.24, 2.45) is 0 Å². The molecule has 1 heterocycles. The molecule has 0 aromatic heterocycles. The first kappa shape index (κ1) is 18.6. The summed E-state index contributed by atoms with van der Waals surface area (Å²) in [7, 11) is 2.90. The second-order valence-electron chi connectivity index (χ2n) is 5.75. The van der Waals surface area contributed by atoms with E-state index in [1.165, 1.54) is 14.2 Å². The van der Waals surface area contributed by atoms with Gasteiger partial charge in [-0.05, 0) is 30.3 Å². The second-order valence-corrected chi connectivity index (χ2v) is 5.75. The molecule has 0 unspecified atom stereocenters. The van der Waals surface area contributed by atoms with Gasteiger partial charge < -0.3 is 23.7 Å². The molecule has 1 aliphatic rings. The highest BCUT2D eigenvalue weighted by molar-refractivity contribution is 6.00. The number of para-hydroxylation sites is 1. The predicted octanol–water partition coefficient (Wildman–Crippen LogP) is 2.90. The Morgan fingerprint density at radius 3 is 2.52 bits per heavy atom. The zero-order valence-electron chi connectivity index (χ0n) is 15.2. The number of ether oxygens (including phenoxy) is 5. The van der Waals surface area contributed by atoms with Crippen molar-refractivity contribution in [2.75, 3.05) is 34.0 Å². The topological polar surface area (TPSA) is 80.3 Å². The van der Waals surface area contributed by atoms with Crippen molar-refractivity contribution in [3.63, 3.8) is 0 Å². The van der Waals surface area contributed by atoms with Gasteiger partial charge in [0.25, 0.3) is 0 Å². The van der Waals surface area contributed by atoms with E-state index < -0.39 is 12.6 Å². The van der Waals surface area contributed by atoms with Crippen LogP contribution in [0.5, 0.6) is 23.0 Å². The molecule has 0 aliphatic carbocycles. The number of rotatable bonds is 6. The Labute approximate surface area is 156 Å². The highest BCUT2D eigenvalue weighted by atomic mass is 16.5. The van der Waals surface area contributed by atoms with Gasteiger partial charge in [-0.25, -0.2) is 4.79 Å². The smallest absolute Gasteiger partial charge is 0.342 e. The Bertz CT molecular complexity index is 844. The van der Waals surface area contributed by atoms with Gasteiger partial charge in [0.1, 0.15) is 5.56 Å². The second kappa shape index (κ2) is 8.44. The van der Waals surface area contributed by atoms with Crippen molar-refractivity contribution < 1.29 is 33.3 Å². The number of benzene rings is 2. The lowest BCUT2D eigenvalue weighted by atomic mass is 10.1. The van der Waals surface area contributed by atoms with Gasteiger partial charge in [0.2, 0.25) is 0 Å². The normalized spacial score (nSPS) is 12.7. The lowest BCUT2D eigenvalue weighted by Gasteiger charge is -2.12. The summed E-state index contributed by atoms with van der Waals surface area (Å²) >= 11 is 0.